The van der Waals surface area contributed by atoms with Gasteiger partial charge in [-0.1, -0.05) is 55.5 Å². The molecule has 1 amide bonds. The molecule has 4 rings (SSSR count). The van der Waals surface area contributed by atoms with Crippen LogP contribution in [0.25, 0.3) is 0 Å². The minimum atomic E-state index is -0.299. The SMILES string of the molecule is CNc1nc(NC[C@H](C)c2ccccc2)nc(NC2CCC(C(=O)NCc3ccccc3F)CC2)n1. The van der Waals surface area contributed by atoms with Crippen molar-refractivity contribution in [2.24, 2.45) is 5.92 Å². The van der Waals surface area contributed by atoms with Gasteiger partial charge >= 0.3 is 0 Å². The normalized spacial score (nSPS) is 18.2. The number of aromatic nitrogens is 3. The van der Waals surface area contributed by atoms with Gasteiger partial charge in [0.05, 0.1) is 0 Å². The minimum absolute atomic E-state index is 0.0200. The van der Waals surface area contributed by atoms with Gasteiger partial charge in [0.25, 0.3) is 0 Å². The Labute approximate surface area is 211 Å². The predicted molar refractivity (Wildman–Crippen MR) is 140 cm³/mol. The predicted octanol–water partition coefficient (Wildman–Crippen LogP) is 4.56. The number of hydrogen-bond acceptors (Lipinski definition) is 7. The number of amides is 1. The average molecular weight is 492 g/mol. The third kappa shape index (κ3) is 6.90. The Kier molecular flexibility index (Phi) is 8.65. The molecule has 0 radical (unpaired) electrons. The van der Waals surface area contributed by atoms with Crippen LogP contribution in [0.5, 0.6) is 0 Å². The summed E-state index contributed by atoms with van der Waals surface area (Å²) in [6, 6.07) is 17.0. The van der Waals surface area contributed by atoms with Gasteiger partial charge in [0.1, 0.15) is 5.82 Å². The van der Waals surface area contributed by atoms with Crippen LogP contribution in [0, 0.1) is 11.7 Å². The lowest BCUT2D eigenvalue weighted by molar-refractivity contribution is -0.126. The number of carbonyl (C=O) groups is 1. The fourth-order valence-electron chi connectivity index (χ4n) is 4.43. The summed E-state index contributed by atoms with van der Waals surface area (Å²) < 4.78 is 13.8. The monoisotopic (exact) mass is 491 g/mol. The quantitative estimate of drug-likeness (QED) is 0.330. The molecule has 1 aliphatic rings. The smallest absolute Gasteiger partial charge is 0.229 e. The van der Waals surface area contributed by atoms with Gasteiger partial charge in [-0.15, -0.1) is 0 Å². The zero-order valence-electron chi connectivity index (χ0n) is 20.8. The van der Waals surface area contributed by atoms with E-state index < -0.39 is 0 Å². The minimum Gasteiger partial charge on any atom is -0.357 e. The zero-order valence-corrected chi connectivity index (χ0v) is 20.8. The molecule has 1 aromatic heterocycles. The van der Waals surface area contributed by atoms with Crippen molar-refractivity contribution in [1.29, 1.82) is 0 Å². The summed E-state index contributed by atoms with van der Waals surface area (Å²) in [5.74, 6) is 1.43. The molecule has 1 aliphatic carbocycles. The second-order valence-corrected chi connectivity index (χ2v) is 9.25. The van der Waals surface area contributed by atoms with Crippen LogP contribution in [0.15, 0.2) is 54.6 Å². The van der Waals surface area contributed by atoms with Crippen molar-refractivity contribution in [1.82, 2.24) is 20.3 Å². The first-order chi connectivity index (χ1) is 17.5. The summed E-state index contributed by atoms with van der Waals surface area (Å²) in [6.45, 7) is 3.07. The molecule has 3 aromatic rings. The average Bonchev–Trinajstić information content (AvgIpc) is 2.92. The molecule has 1 heterocycles. The number of rotatable bonds is 10. The van der Waals surface area contributed by atoms with Gasteiger partial charge in [0.15, 0.2) is 0 Å². The molecule has 8 nitrogen and oxygen atoms in total. The molecule has 0 spiro atoms. The summed E-state index contributed by atoms with van der Waals surface area (Å²) in [7, 11) is 1.78. The second-order valence-electron chi connectivity index (χ2n) is 9.25. The van der Waals surface area contributed by atoms with Gasteiger partial charge in [0.2, 0.25) is 23.8 Å². The highest BCUT2D eigenvalue weighted by Gasteiger charge is 2.27. The maximum Gasteiger partial charge on any atom is 0.229 e. The van der Waals surface area contributed by atoms with E-state index in [1.807, 2.05) is 18.2 Å². The van der Waals surface area contributed by atoms with Gasteiger partial charge in [-0.25, -0.2) is 4.39 Å². The van der Waals surface area contributed by atoms with E-state index in [0.717, 1.165) is 25.7 Å². The number of benzene rings is 2. The van der Waals surface area contributed by atoms with Crippen LogP contribution in [-0.4, -0.2) is 40.5 Å². The Bertz CT molecular complexity index is 1140. The summed E-state index contributed by atoms with van der Waals surface area (Å²) in [6.07, 6.45) is 3.16. The summed E-state index contributed by atoms with van der Waals surface area (Å²) in [5.41, 5.74) is 1.75. The van der Waals surface area contributed by atoms with Gasteiger partial charge in [-0.2, -0.15) is 15.0 Å². The zero-order chi connectivity index (χ0) is 25.3. The van der Waals surface area contributed by atoms with E-state index in [4.69, 9.17) is 0 Å². The Morgan fingerprint density at radius 2 is 1.61 bits per heavy atom. The highest BCUT2D eigenvalue weighted by atomic mass is 19.1. The van der Waals surface area contributed by atoms with E-state index in [9.17, 15) is 9.18 Å². The molecule has 0 aliphatic heterocycles. The van der Waals surface area contributed by atoms with Gasteiger partial charge in [-0.05, 0) is 43.2 Å². The number of nitrogens with one attached hydrogen (secondary N) is 4. The van der Waals surface area contributed by atoms with Crippen molar-refractivity contribution < 1.29 is 9.18 Å². The molecule has 4 N–H and O–H groups in total. The van der Waals surface area contributed by atoms with E-state index in [1.54, 1.807) is 25.2 Å². The summed E-state index contributed by atoms with van der Waals surface area (Å²) in [5, 5.41) is 12.6. The Hall–Kier alpha value is -3.75. The molecule has 0 bridgehead atoms. The van der Waals surface area contributed by atoms with Crippen LogP contribution in [0.2, 0.25) is 0 Å². The maximum atomic E-state index is 13.8. The number of halogens is 1. The fraction of sp³-hybridized carbons (Fsp3) is 0.407. The van der Waals surface area contributed by atoms with Crippen LogP contribution in [0.3, 0.4) is 0 Å². The van der Waals surface area contributed by atoms with E-state index in [1.165, 1.54) is 11.6 Å². The third-order valence-electron chi connectivity index (χ3n) is 6.64. The van der Waals surface area contributed by atoms with Crippen molar-refractivity contribution in [2.45, 2.75) is 51.1 Å². The molecular formula is C27H34FN7O. The largest absolute Gasteiger partial charge is 0.357 e. The van der Waals surface area contributed by atoms with E-state index in [0.29, 0.717) is 35.9 Å². The van der Waals surface area contributed by atoms with E-state index >= 15 is 0 Å². The molecule has 2 aromatic carbocycles. The first-order valence-corrected chi connectivity index (χ1v) is 12.5. The second kappa shape index (κ2) is 12.3. The summed E-state index contributed by atoms with van der Waals surface area (Å²) >= 11 is 0. The molecule has 0 unspecified atom stereocenters. The van der Waals surface area contributed by atoms with Crippen molar-refractivity contribution in [3.05, 3.63) is 71.5 Å². The fourth-order valence-corrected chi connectivity index (χ4v) is 4.43. The van der Waals surface area contributed by atoms with Crippen LogP contribution in [0.4, 0.5) is 22.2 Å². The number of carbonyl (C=O) groups excluding carboxylic acids is 1. The first-order valence-electron chi connectivity index (χ1n) is 12.5. The maximum absolute atomic E-state index is 13.8. The van der Waals surface area contributed by atoms with Crippen molar-refractivity contribution in [2.75, 3.05) is 29.5 Å². The number of hydrogen-bond donors (Lipinski definition) is 4. The Morgan fingerprint density at radius 3 is 2.33 bits per heavy atom. The molecule has 36 heavy (non-hydrogen) atoms. The molecule has 1 saturated carbocycles. The van der Waals surface area contributed by atoms with Crippen LogP contribution in [-0.2, 0) is 11.3 Å². The number of anilines is 3. The van der Waals surface area contributed by atoms with Gasteiger partial charge < -0.3 is 21.3 Å². The number of nitrogens with zero attached hydrogens (tertiary/aromatic N) is 3. The molecular weight excluding hydrogens is 457 g/mol. The lowest BCUT2D eigenvalue weighted by Gasteiger charge is -2.28. The highest BCUT2D eigenvalue weighted by molar-refractivity contribution is 5.78. The molecule has 0 saturated heterocycles. The van der Waals surface area contributed by atoms with Crippen LogP contribution >= 0.6 is 0 Å². The van der Waals surface area contributed by atoms with Crippen LogP contribution < -0.4 is 21.3 Å². The van der Waals surface area contributed by atoms with E-state index in [2.05, 4.69) is 55.3 Å². The third-order valence-corrected chi connectivity index (χ3v) is 6.64. The van der Waals surface area contributed by atoms with Crippen LogP contribution in [0.1, 0.15) is 49.7 Å². The van der Waals surface area contributed by atoms with Crippen molar-refractivity contribution in [3.63, 3.8) is 0 Å². The molecule has 9 heteroatoms. The first kappa shape index (κ1) is 25.3. The lowest BCUT2D eigenvalue weighted by Crippen LogP contribution is -2.36. The van der Waals surface area contributed by atoms with E-state index in [-0.39, 0.29) is 30.2 Å². The van der Waals surface area contributed by atoms with Crippen molar-refractivity contribution >= 4 is 23.8 Å². The molecule has 190 valence electrons. The standard InChI is InChI=1S/C27H34FN7O/c1-18(19-8-4-3-5-9-19)16-31-26-33-25(29-2)34-27(35-26)32-22-14-12-20(13-15-22)24(36)30-17-21-10-6-7-11-23(21)28/h3-11,18,20,22H,12-17H2,1-2H3,(H,30,36)(H3,29,31,32,33,34,35)/t18-,20?,22?/m0/s1. The van der Waals surface area contributed by atoms with Gasteiger partial charge in [-0.3, -0.25) is 4.79 Å². The van der Waals surface area contributed by atoms with Gasteiger partial charge in [0, 0.05) is 37.7 Å². The molecule has 1 atom stereocenters. The summed E-state index contributed by atoms with van der Waals surface area (Å²) in [4.78, 5) is 26.1. The topological polar surface area (TPSA) is 104 Å². The lowest BCUT2D eigenvalue weighted by atomic mass is 9.85. The Balaban J connectivity index is 1.28. The Morgan fingerprint density at radius 1 is 0.944 bits per heavy atom. The van der Waals surface area contributed by atoms with Crippen molar-refractivity contribution in [3.8, 4) is 0 Å². The highest BCUT2D eigenvalue weighted by Crippen LogP contribution is 2.27. The molecule has 1 fully saturated rings.